The first-order valence-corrected chi connectivity index (χ1v) is 14.6. The van der Waals surface area contributed by atoms with Crippen LogP contribution in [-0.4, -0.2) is 30.3 Å². The van der Waals surface area contributed by atoms with Crippen LogP contribution >= 0.6 is 0 Å². The molecule has 0 aromatic heterocycles. The number of unbranched alkanes of at least 4 members (excludes halogenated alkanes) is 7. The van der Waals surface area contributed by atoms with Gasteiger partial charge in [-0.25, -0.2) is 4.79 Å². The highest BCUT2D eigenvalue weighted by Gasteiger charge is 2.48. The summed E-state index contributed by atoms with van der Waals surface area (Å²) in [6, 6.07) is 13.1. The van der Waals surface area contributed by atoms with E-state index in [-0.39, 0.29) is 35.5 Å². The third-order valence-corrected chi connectivity index (χ3v) is 7.82. The molecule has 1 N–H and O–H groups in total. The van der Waals surface area contributed by atoms with Crippen LogP contribution in [0, 0.1) is 11.8 Å². The predicted octanol–water partition coefficient (Wildman–Crippen LogP) is 7.08. The highest BCUT2D eigenvalue weighted by atomic mass is 16.5. The van der Waals surface area contributed by atoms with Crippen molar-refractivity contribution in [2.75, 3.05) is 16.8 Å². The molecule has 0 unspecified atom stereocenters. The molecular formula is C33H40N2O5. The quantitative estimate of drug-likeness (QED) is 0.126. The second kappa shape index (κ2) is 14.1. The Balaban J connectivity index is 1.23. The van der Waals surface area contributed by atoms with Crippen LogP contribution < -0.4 is 10.2 Å². The van der Waals surface area contributed by atoms with Gasteiger partial charge >= 0.3 is 5.97 Å². The van der Waals surface area contributed by atoms with Crippen molar-refractivity contribution in [3.63, 3.8) is 0 Å². The fraction of sp³-hybridized carbons (Fsp3) is 0.455. The summed E-state index contributed by atoms with van der Waals surface area (Å²) in [5.74, 6) is -1.64. The van der Waals surface area contributed by atoms with Crippen molar-refractivity contribution >= 4 is 35.1 Å². The molecular weight excluding hydrogens is 504 g/mol. The Hall–Kier alpha value is -3.74. The Kier molecular flexibility index (Phi) is 10.3. The normalized spacial score (nSPS) is 18.4. The number of nitrogens with one attached hydrogen (secondary N) is 1. The average Bonchev–Trinajstić information content (AvgIpc) is 3.21. The SMILES string of the molecule is CCCCCCCCCCOC(=O)c1ccc(NC(=O)c2ccc(N3C(=O)[C@H]4CC=C(C)C[C@@H]4C3=O)cc2)cc1. The lowest BCUT2D eigenvalue weighted by Gasteiger charge is -2.18. The number of benzene rings is 2. The van der Waals surface area contributed by atoms with Gasteiger partial charge in [-0.15, -0.1) is 0 Å². The molecule has 1 aliphatic carbocycles. The van der Waals surface area contributed by atoms with E-state index in [1.54, 1.807) is 48.5 Å². The van der Waals surface area contributed by atoms with Gasteiger partial charge in [-0.2, -0.15) is 0 Å². The summed E-state index contributed by atoms with van der Waals surface area (Å²) in [7, 11) is 0. The fourth-order valence-corrected chi connectivity index (χ4v) is 5.43. The summed E-state index contributed by atoms with van der Waals surface area (Å²) in [5.41, 5.74) is 3.00. The zero-order valence-corrected chi connectivity index (χ0v) is 23.6. The van der Waals surface area contributed by atoms with Gasteiger partial charge < -0.3 is 10.1 Å². The Bertz CT molecular complexity index is 1230. The summed E-state index contributed by atoms with van der Waals surface area (Å²) in [4.78, 5) is 52.2. The van der Waals surface area contributed by atoms with E-state index in [4.69, 9.17) is 4.74 Å². The first-order chi connectivity index (χ1) is 19.4. The number of amides is 3. The number of nitrogens with zero attached hydrogens (tertiary/aromatic N) is 1. The molecule has 7 heteroatoms. The molecule has 2 aromatic carbocycles. The first kappa shape index (κ1) is 29.2. The number of imide groups is 1. The number of anilines is 2. The first-order valence-electron chi connectivity index (χ1n) is 14.6. The summed E-state index contributed by atoms with van der Waals surface area (Å²) in [6.07, 6.45) is 12.7. The van der Waals surface area contributed by atoms with Gasteiger partial charge in [0.25, 0.3) is 5.91 Å². The van der Waals surface area contributed by atoms with E-state index >= 15 is 0 Å². The zero-order chi connectivity index (χ0) is 28.5. The summed E-state index contributed by atoms with van der Waals surface area (Å²) >= 11 is 0. The monoisotopic (exact) mass is 544 g/mol. The van der Waals surface area contributed by atoms with Crippen molar-refractivity contribution < 1.29 is 23.9 Å². The van der Waals surface area contributed by atoms with Crippen LogP contribution in [0.4, 0.5) is 11.4 Å². The van der Waals surface area contributed by atoms with Crippen LogP contribution in [0.2, 0.25) is 0 Å². The number of hydrogen-bond acceptors (Lipinski definition) is 5. The zero-order valence-electron chi connectivity index (χ0n) is 23.6. The average molecular weight is 545 g/mol. The van der Waals surface area contributed by atoms with E-state index in [0.29, 0.717) is 42.0 Å². The second-order valence-electron chi connectivity index (χ2n) is 10.9. The molecule has 4 rings (SSSR count). The maximum absolute atomic E-state index is 12.9. The van der Waals surface area contributed by atoms with Gasteiger partial charge in [-0.05, 0) is 74.7 Å². The second-order valence-corrected chi connectivity index (χ2v) is 10.9. The topological polar surface area (TPSA) is 92.8 Å². The smallest absolute Gasteiger partial charge is 0.338 e. The minimum Gasteiger partial charge on any atom is -0.462 e. The highest BCUT2D eigenvalue weighted by Crippen LogP contribution is 2.39. The van der Waals surface area contributed by atoms with Crippen molar-refractivity contribution in [2.45, 2.75) is 78.1 Å². The number of allylic oxidation sites excluding steroid dienone is 2. The van der Waals surface area contributed by atoms with Gasteiger partial charge in [0.2, 0.25) is 11.8 Å². The van der Waals surface area contributed by atoms with Gasteiger partial charge in [0.1, 0.15) is 0 Å². The number of fused-ring (bicyclic) bond motifs is 1. The van der Waals surface area contributed by atoms with Gasteiger partial charge in [-0.3, -0.25) is 19.3 Å². The predicted molar refractivity (Wildman–Crippen MR) is 156 cm³/mol. The lowest BCUT2D eigenvalue weighted by atomic mass is 9.82. The molecule has 1 heterocycles. The van der Waals surface area contributed by atoms with Crippen LogP contribution in [0.25, 0.3) is 0 Å². The molecule has 1 aliphatic heterocycles. The highest BCUT2D eigenvalue weighted by molar-refractivity contribution is 6.22. The van der Waals surface area contributed by atoms with E-state index in [0.717, 1.165) is 18.4 Å². The standard InChI is InChI=1S/C33H40N2O5/c1-3-4-5-6-7-8-9-10-21-40-33(39)25-12-16-26(17-13-25)34-30(36)24-14-18-27(19-15-24)35-31(37)28-20-11-23(2)22-29(28)32(35)38/h11-19,28-29H,3-10,20-22H2,1-2H3,(H,34,36)/t28-,29-/m0/s1. The largest absolute Gasteiger partial charge is 0.462 e. The van der Waals surface area contributed by atoms with Crippen LogP contribution in [-0.2, 0) is 14.3 Å². The lowest BCUT2D eigenvalue weighted by Crippen LogP contribution is -2.30. The molecule has 0 bridgehead atoms. The molecule has 0 spiro atoms. The minimum atomic E-state index is -0.367. The molecule has 40 heavy (non-hydrogen) atoms. The van der Waals surface area contributed by atoms with E-state index in [9.17, 15) is 19.2 Å². The van der Waals surface area contributed by atoms with Crippen LogP contribution in [0.1, 0.15) is 98.8 Å². The molecule has 212 valence electrons. The van der Waals surface area contributed by atoms with Crippen LogP contribution in [0.3, 0.4) is 0 Å². The number of carbonyl (C=O) groups excluding carboxylic acids is 4. The lowest BCUT2D eigenvalue weighted by molar-refractivity contribution is -0.122. The van der Waals surface area contributed by atoms with Crippen molar-refractivity contribution in [3.05, 3.63) is 71.3 Å². The molecule has 2 aromatic rings. The molecule has 7 nitrogen and oxygen atoms in total. The van der Waals surface area contributed by atoms with Gasteiger partial charge in [0.15, 0.2) is 0 Å². The van der Waals surface area contributed by atoms with Gasteiger partial charge in [0.05, 0.1) is 29.7 Å². The van der Waals surface area contributed by atoms with Gasteiger partial charge in [-0.1, -0.05) is 63.5 Å². The van der Waals surface area contributed by atoms with E-state index in [2.05, 4.69) is 12.2 Å². The van der Waals surface area contributed by atoms with Crippen LogP contribution in [0.5, 0.6) is 0 Å². The Morgan fingerprint density at radius 2 is 1.43 bits per heavy atom. The van der Waals surface area contributed by atoms with Crippen molar-refractivity contribution in [1.29, 1.82) is 0 Å². The number of rotatable bonds is 13. The van der Waals surface area contributed by atoms with Crippen molar-refractivity contribution in [3.8, 4) is 0 Å². The summed E-state index contributed by atoms with van der Waals surface area (Å²) < 4.78 is 5.39. The van der Waals surface area contributed by atoms with E-state index in [1.807, 2.05) is 13.0 Å². The number of carbonyl (C=O) groups is 4. The molecule has 0 radical (unpaired) electrons. The Morgan fingerprint density at radius 1 is 0.825 bits per heavy atom. The maximum Gasteiger partial charge on any atom is 0.338 e. The van der Waals surface area contributed by atoms with E-state index < -0.39 is 0 Å². The molecule has 3 amide bonds. The molecule has 1 fully saturated rings. The summed E-state index contributed by atoms with van der Waals surface area (Å²) in [5, 5.41) is 2.82. The number of ether oxygens (including phenoxy) is 1. The van der Waals surface area contributed by atoms with Crippen molar-refractivity contribution in [1.82, 2.24) is 0 Å². The molecule has 2 aliphatic rings. The molecule has 1 saturated heterocycles. The van der Waals surface area contributed by atoms with E-state index in [1.165, 1.54) is 43.4 Å². The Labute approximate surface area is 237 Å². The van der Waals surface area contributed by atoms with Gasteiger partial charge in [0, 0.05) is 11.3 Å². The minimum absolute atomic E-state index is 0.170. The summed E-state index contributed by atoms with van der Waals surface area (Å²) in [6.45, 7) is 4.61. The maximum atomic E-state index is 12.9. The molecule has 0 saturated carbocycles. The molecule has 2 atom stereocenters. The van der Waals surface area contributed by atoms with Crippen LogP contribution in [0.15, 0.2) is 60.2 Å². The Morgan fingerprint density at radius 3 is 2.10 bits per heavy atom. The third kappa shape index (κ3) is 7.26. The van der Waals surface area contributed by atoms with Crippen molar-refractivity contribution in [2.24, 2.45) is 11.8 Å². The fourth-order valence-electron chi connectivity index (χ4n) is 5.43. The number of esters is 1. The third-order valence-electron chi connectivity index (χ3n) is 7.82. The number of hydrogen-bond donors (Lipinski definition) is 1.